The lowest BCUT2D eigenvalue weighted by Crippen LogP contribution is -2.40. The van der Waals surface area contributed by atoms with Crippen molar-refractivity contribution in [1.29, 1.82) is 0 Å². The van der Waals surface area contributed by atoms with Crippen molar-refractivity contribution < 1.29 is 5.11 Å². The smallest absolute Gasteiger partial charge is 0.115 e. The van der Waals surface area contributed by atoms with Gasteiger partial charge in [0.05, 0.1) is 0 Å². The van der Waals surface area contributed by atoms with Crippen molar-refractivity contribution in [1.82, 2.24) is 0 Å². The first-order chi connectivity index (χ1) is 8.55. The molecule has 2 nitrogen and oxygen atoms in total. The fourth-order valence-electron chi connectivity index (χ4n) is 2.20. The van der Waals surface area contributed by atoms with Crippen LogP contribution in [-0.2, 0) is 12.8 Å². The highest BCUT2D eigenvalue weighted by Crippen LogP contribution is 2.18. The number of hydrogen-bond donors (Lipinski definition) is 2. The predicted octanol–water partition coefficient (Wildman–Crippen LogP) is 2.89. The molecule has 2 heteroatoms. The first-order valence-electron chi connectivity index (χ1n) is 6.16. The third-order valence-electron chi connectivity index (χ3n) is 3.00. The number of nitrogens with two attached hydrogens (primary N) is 1. The van der Waals surface area contributed by atoms with E-state index in [9.17, 15) is 5.11 Å². The third kappa shape index (κ3) is 3.60. The molecule has 94 valence electrons. The lowest BCUT2D eigenvalue weighted by Gasteiger charge is -2.25. The summed E-state index contributed by atoms with van der Waals surface area (Å²) in [5.41, 5.74) is 8.48. The molecule has 2 aromatic carbocycles. The Morgan fingerprint density at radius 1 is 0.889 bits per heavy atom. The molecular formula is C16H19NO. The lowest BCUT2D eigenvalue weighted by molar-refractivity contribution is 0.459. The minimum atomic E-state index is -0.279. The summed E-state index contributed by atoms with van der Waals surface area (Å²) in [5, 5.41) is 9.26. The third-order valence-corrected chi connectivity index (χ3v) is 3.00. The van der Waals surface area contributed by atoms with Gasteiger partial charge in [-0.2, -0.15) is 0 Å². The molecule has 0 bridgehead atoms. The monoisotopic (exact) mass is 241 g/mol. The summed E-state index contributed by atoms with van der Waals surface area (Å²) in [6.45, 7) is 2.06. The topological polar surface area (TPSA) is 46.2 Å². The van der Waals surface area contributed by atoms with Crippen molar-refractivity contribution in [3.05, 3.63) is 65.7 Å². The second-order valence-corrected chi connectivity index (χ2v) is 5.16. The second kappa shape index (κ2) is 5.23. The summed E-state index contributed by atoms with van der Waals surface area (Å²) in [6, 6.07) is 17.5. The van der Waals surface area contributed by atoms with Gasteiger partial charge in [0.2, 0.25) is 0 Å². The zero-order chi connectivity index (χ0) is 13.0. The van der Waals surface area contributed by atoms with Crippen molar-refractivity contribution in [3.8, 4) is 5.75 Å². The molecular weight excluding hydrogens is 222 g/mol. The normalized spacial score (nSPS) is 14.1. The maximum absolute atomic E-state index is 9.26. The minimum absolute atomic E-state index is 0.279. The number of hydrogen-bond acceptors (Lipinski definition) is 2. The van der Waals surface area contributed by atoms with Gasteiger partial charge >= 0.3 is 0 Å². The largest absolute Gasteiger partial charge is 0.508 e. The van der Waals surface area contributed by atoms with E-state index in [1.807, 2.05) is 30.3 Å². The molecule has 0 saturated carbocycles. The number of rotatable bonds is 4. The fourth-order valence-corrected chi connectivity index (χ4v) is 2.20. The van der Waals surface area contributed by atoms with E-state index >= 15 is 0 Å². The molecule has 0 aliphatic heterocycles. The number of benzene rings is 2. The molecule has 0 spiro atoms. The highest BCUT2D eigenvalue weighted by molar-refractivity contribution is 5.28. The SMILES string of the molecule is C[C@@](N)(Cc1ccccc1)Cc1ccc(O)cc1. The van der Waals surface area contributed by atoms with E-state index in [1.165, 1.54) is 5.56 Å². The highest BCUT2D eigenvalue weighted by Gasteiger charge is 2.19. The van der Waals surface area contributed by atoms with Crippen LogP contribution < -0.4 is 5.73 Å². The minimum Gasteiger partial charge on any atom is -0.508 e. The highest BCUT2D eigenvalue weighted by atomic mass is 16.3. The Bertz CT molecular complexity index is 488. The molecule has 1 atom stereocenters. The number of phenols is 1. The zero-order valence-electron chi connectivity index (χ0n) is 10.6. The standard InChI is InChI=1S/C16H19NO/c1-16(17,11-13-5-3-2-4-6-13)12-14-7-9-15(18)10-8-14/h2-10,18H,11-12,17H2,1H3/t16-/m1/s1. The molecule has 2 rings (SSSR count). The van der Waals surface area contributed by atoms with Crippen molar-refractivity contribution in [2.24, 2.45) is 5.73 Å². The Morgan fingerprint density at radius 3 is 1.94 bits per heavy atom. The van der Waals surface area contributed by atoms with Gasteiger partial charge in [0.25, 0.3) is 0 Å². The molecule has 2 aromatic rings. The van der Waals surface area contributed by atoms with Crippen LogP contribution in [0, 0.1) is 0 Å². The molecule has 0 aliphatic carbocycles. The molecule has 18 heavy (non-hydrogen) atoms. The Balaban J connectivity index is 2.05. The van der Waals surface area contributed by atoms with Gasteiger partial charge in [-0.05, 0) is 43.0 Å². The number of phenolic OH excluding ortho intramolecular Hbond substituents is 1. The van der Waals surface area contributed by atoms with Gasteiger partial charge in [0, 0.05) is 5.54 Å². The van der Waals surface area contributed by atoms with Crippen LogP contribution in [0.15, 0.2) is 54.6 Å². The summed E-state index contributed by atoms with van der Waals surface area (Å²) in [6.07, 6.45) is 1.64. The van der Waals surface area contributed by atoms with E-state index in [0.717, 1.165) is 18.4 Å². The van der Waals surface area contributed by atoms with Crippen molar-refractivity contribution in [3.63, 3.8) is 0 Å². The average Bonchev–Trinajstić information content (AvgIpc) is 2.32. The zero-order valence-corrected chi connectivity index (χ0v) is 10.6. The average molecular weight is 241 g/mol. The molecule has 0 aromatic heterocycles. The van der Waals surface area contributed by atoms with E-state index < -0.39 is 0 Å². The first-order valence-corrected chi connectivity index (χ1v) is 6.16. The quantitative estimate of drug-likeness (QED) is 0.864. The van der Waals surface area contributed by atoms with Crippen molar-refractivity contribution >= 4 is 0 Å². The summed E-state index contributed by atoms with van der Waals surface area (Å²) < 4.78 is 0. The molecule has 0 radical (unpaired) electrons. The van der Waals surface area contributed by atoms with Crippen LogP contribution >= 0.6 is 0 Å². The summed E-state index contributed by atoms with van der Waals surface area (Å²) >= 11 is 0. The molecule has 0 saturated heterocycles. The van der Waals surface area contributed by atoms with Crippen LogP contribution in [0.5, 0.6) is 5.75 Å². The van der Waals surface area contributed by atoms with Crippen LogP contribution in [0.3, 0.4) is 0 Å². The Morgan fingerprint density at radius 2 is 1.39 bits per heavy atom. The molecule has 0 fully saturated rings. The molecule has 3 N–H and O–H groups in total. The van der Waals surface area contributed by atoms with Gasteiger partial charge in [-0.25, -0.2) is 0 Å². The summed E-state index contributed by atoms with van der Waals surface area (Å²) in [4.78, 5) is 0. The maximum Gasteiger partial charge on any atom is 0.115 e. The molecule has 0 amide bonds. The number of aromatic hydroxyl groups is 1. The van der Waals surface area contributed by atoms with E-state index in [1.54, 1.807) is 12.1 Å². The van der Waals surface area contributed by atoms with Crippen molar-refractivity contribution in [2.45, 2.75) is 25.3 Å². The predicted molar refractivity (Wildman–Crippen MR) is 74.5 cm³/mol. The van der Waals surface area contributed by atoms with E-state index in [4.69, 9.17) is 5.73 Å². The Hall–Kier alpha value is -1.80. The van der Waals surface area contributed by atoms with Gasteiger partial charge < -0.3 is 10.8 Å². The van der Waals surface area contributed by atoms with Crippen LogP contribution in [0.1, 0.15) is 18.1 Å². The van der Waals surface area contributed by atoms with Gasteiger partial charge in [0.15, 0.2) is 0 Å². The molecule has 0 unspecified atom stereocenters. The molecule has 0 heterocycles. The van der Waals surface area contributed by atoms with Crippen LogP contribution in [0.2, 0.25) is 0 Å². The lowest BCUT2D eigenvalue weighted by atomic mass is 9.87. The van der Waals surface area contributed by atoms with Crippen LogP contribution in [-0.4, -0.2) is 10.6 Å². The van der Waals surface area contributed by atoms with Crippen LogP contribution in [0.4, 0.5) is 0 Å². The van der Waals surface area contributed by atoms with E-state index in [-0.39, 0.29) is 5.54 Å². The van der Waals surface area contributed by atoms with Crippen molar-refractivity contribution in [2.75, 3.05) is 0 Å². The summed E-state index contributed by atoms with van der Waals surface area (Å²) in [7, 11) is 0. The van der Waals surface area contributed by atoms with Gasteiger partial charge in [0.1, 0.15) is 5.75 Å². The Labute approximate surface area is 108 Å². The van der Waals surface area contributed by atoms with Gasteiger partial charge in [-0.15, -0.1) is 0 Å². The second-order valence-electron chi connectivity index (χ2n) is 5.16. The maximum atomic E-state index is 9.26. The van der Waals surface area contributed by atoms with Gasteiger partial charge in [-0.1, -0.05) is 42.5 Å². The Kier molecular flexibility index (Phi) is 3.68. The van der Waals surface area contributed by atoms with Crippen LogP contribution in [0.25, 0.3) is 0 Å². The first kappa shape index (κ1) is 12.7. The van der Waals surface area contributed by atoms with Gasteiger partial charge in [-0.3, -0.25) is 0 Å². The summed E-state index contributed by atoms with van der Waals surface area (Å²) in [5.74, 6) is 0.292. The molecule has 0 aliphatic rings. The van der Waals surface area contributed by atoms with E-state index in [2.05, 4.69) is 19.1 Å². The fraction of sp³-hybridized carbons (Fsp3) is 0.250. The van der Waals surface area contributed by atoms with E-state index in [0.29, 0.717) is 5.75 Å².